The van der Waals surface area contributed by atoms with Crippen molar-refractivity contribution in [3.05, 3.63) is 30.3 Å². The fraction of sp³-hybridized carbons (Fsp3) is 0.571. The van der Waals surface area contributed by atoms with Crippen molar-refractivity contribution in [1.29, 1.82) is 0 Å². The van der Waals surface area contributed by atoms with Crippen LogP contribution in [0.1, 0.15) is 39.5 Å². The van der Waals surface area contributed by atoms with Crippen LogP contribution in [0, 0.1) is 0 Å². The van der Waals surface area contributed by atoms with E-state index in [4.69, 9.17) is 0 Å². The molecule has 1 rings (SSSR count). The standard InChI is InChI=1S/C14H22O2Se/c1-3-8-13(15)14(9-4-2)17(16)12-10-6-5-7-11-12/h5-7,10-11,13-15H,3-4,8-9H2,1-2H3. The Bertz CT molecular complexity index is 337. The maximum absolute atomic E-state index is 12.5. The third-order valence-electron chi connectivity index (χ3n) is 2.84. The third-order valence-corrected chi connectivity index (χ3v) is 6.69. The molecule has 0 spiro atoms. The first-order valence-corrected chi connectivity index (χ1v) is 8.88. The van der Waals surface area contributed by atoms with Crippen molar-refractivity contribution in [2.45, 2.75) is 50.5 Å². The van der Waals surface area contributed by atoms with Crippen molar-refractivity contribution in [2.75, 3.05) is 0 Å². The number of benzene rings is 1. The van der Waals surface area contributed by atoms with E-state index in [1.807, 2.05) is 30.3 Å². The van der Waals surface area contributed by atoms with Crippen LogP contribution in [0.25, 0.3) is 0 Å². The molecule has 3 unspecified atom stereocenters. The molecular weight excluding hydrogens is 279 g/mol. The fourth-order valence-electron chi connectivity index (χ4n) is 1.94. The summed E-state index contributed by atoms with van der Waals surface area (Å²) in [5.41, 5.74) is 0. The molecule has 3 atom stereocenters. The van der Waals surface area contributed by atoms with Gasteiger partial charge >= 0.3 is 108 Å². The number of rotatable bonds is 7. The molecule has 0 saturated heterocycles. The van der Waals surface area contributed by atoms with Gasteiger partial charge in [-0.1, -0.05) is 0 Å². The summed E-state index contributed by atoms with van der Waals surface area (Å²) in [5, 5.41) is 10.1. The number of hydrogen-bond acceptors (Lipinski definition) is 2. The van der Waals surface area contributed by atoms with Crippen molar-refractivity contribution in [3.8, 4) is 0 Å². The van der Waals surface area contributed by atoms with E-state index in [-0.39, 0.29) is 4.82 Å². The molecular formula is C14H22O2Se. The number of hydrogen-bond donors (Lipinski definition) is 1. The Morgan fingerprint density at radius 1 is 1.12 bits per heavy atom. The van der Waals surface area contributed by atoms with Crippen molar-refractivity contribution in [3.63, 3.8) is 0 Å². The van der Waals surface area contributed by atoms with Crippen LogP contribution in [-0.4, -0.2) is 25.0 Å². The van der Waals surface area contributed by atoms with Gasteiger partial charge < -0.3 is 0 Å². The summed E-state index contributed by atoms with van der Waals surface area (Å²) in [6, 6.07) is 9.59. The first kappa shape index (κ1) is 14.6. The van der Waals surface area contributed by atoms with E-state index in [1.165, 1.54) is 0 Å². The Morgan fingerprint density at radius 2 is 1.71 bits per heavy atom. The molecule has 0 aliphatic rings. The summed E-state index contributed by atoms with van der Waals surface area (Å²) in [6.07, 6.45) is 3.10. The molecule has 0 aromatic heterocycles. The summed E-state index contributed by atoms with van der Waals surface area (Å²) in [6.45, 7) is 4.13. The SMILES string of the molecule is CCCC(O)C(CCC)[Se](=O)c1ccccc1. The predicted molar refractivity (Wildman–Crippen MR) is 72.1 cm³/mol. The molecule has 0 amide bonds. The molecule has 0 fully saturated rings. The summed E-state index contributed by atoms with van der Waals surface area (Å²) in [5.74, 6) is 0. The van der Waals surface area contributed by atoms with Gasteiger partial charge in [0.25, 0.3) is 0 Å². The van der Waals surface area contributed by atoms with Crippen molar-refractivity contribution < 1.29 is 8.94 Å². The first-order valence-electron chi connectivity index (χ1n) is 6.34. The molecule has 0 aliphatic heterocycles. The zero-order valence-corrected chi connectivity index (χ0v) is 12.3. The van der Waals surface area contributed by atoms with Crippen LogP contribution in [0.4, 0.5) is 0 Å². The number of aliphatic hydroxyl groups is 1. The van der Waals surface area contributed by atoms with Gasteiger partial charge in [0.1, 0.15) is 0 Å². The van der Waals surface area contributed by atoms with Crippen LogP contribution >= 0.6 is 0 Å². The van der Waals surface area contributed by atoms with Crippen LogP contribution in [0.3, 0.4) is 0 Å². The van der Waals surface area contributed by atoms with Gasteiger partial charge in [-0.15, -0.1) is 0 Å². The molecule has 96 valence electrons. The van der Waals surface area contributed by atoms with Gasteiger partial charge in [0.05, 0.1) is 0 Å². The third kappa shape index (κ3) is 4.34. The monoisotopic (exact) mass is 302 g/mol. The van der Waals surface area contributed by atoms with Gasteiger partial charge in [-0.2, -0.15) is 0 Å². The van der Waals surface area contributed by atoms with Crippen LogP contribution in [-0.2, 0) is 3.83 Å². The van der Waals surface area contributed by atoms with E-state index in [0.717, 1.165) is 30.1 Å². The second-order valence-corrected chi connectivity index (χ2v) is 7.80. The van der Waals surface area contributed by atoms with Gasteiger partial charge in [0, 0.05) is 0 Å². The molecule has 0 radical (unpaired) electrons. The Balaban J connectivity index is 2.80. The van der Waals surface area contributed by atoms with Gasteiger partial charge in [-0.05, 0) is 0 Å². The fourth-order valence-corrected chi connectivity index (χ4v) is 5.39. The summed E-state index contributed by atoms with van der Waals surface area (Å²) < 4.78 is 13.4. The Labute approximate surface area is 108 Å². The van der Waals surface area contributed by atoms with Gasteiger partial charge in [0.15, 0.2) is 0 Å². The molecule has 0 saturated carbocycles. The van der Waals surface area contributed by atoms with E-state index in [1.54, 1.807) is 0 Å². The molecule has 0 aliphatic carbocycles. The zero-order valence-electron chi connectivity index (χ0n) is 10.6. The van der Waals surface area contributed by atoms with Crippen molar-refractivity contribution in [1.82, 2.24) is 0 Å². The van der Waals surface area contributed by atoms with Crippen LogP contribution in [0.15, 0.2) is 30.3 Å². The van der Waals surface area contributed by atoms with Crippen molar-refractivity contribution in [2.24, 2.45) is 0 Å². The molecule has 1 aromatic rings. The molecule has 0 bridgehead atoms. The Morgan fingerprint density at radius 3 is 2.24 bits per heavy atom. The molecule has 17 heavy (non-hydrogen) atoms. The second kappa shape index (κ2) is 7.75. The molecule has 1 N–H and O–H groups in total. The van der Waals surface area contributed by atoms with E-state index < -0.39 is 19.9 Å². The molecule has 3 heteroatoms. The minimum absolute atomic E-state index is 0.0395. The molecule has 0 heterocycles. The Kier molecular flexibility index (Phi) is 6.64. The van der Waals surface area contributed by atoms with E-state index >= 15 is 0 Å². The molecule has 1 aromatic carbocycles. The summed E-state index contributed by atoms with van der Waals surface area (Å²) in [4.78, 5) is -0.0395. The van der Waals surface area contributed by atoms with E-state index in [9.17, 15) is 8.94 Å². The average molecular weight is 301 g/mol. The zero-order chi connectivity index (χ0) is 12.7. The topological polar surface area (TPSA) is 37.3 Å². The second-order valence-electron chi connectivity index (χ2n) is 4.29. The van der Waals surface area contributed by atoms with Crippen molar-refractivity contribution >= 4 is 18.3 Å². The molecule has 2 nitrogen and oxygen atoms in total. The summed E-state index contributed by atoms with van der Waals surface area (Å²) >= 11 is -2.14. The maximum atomic E-state index is 12.5. The normalized spacial score (nSPS) is 16.4. The summed E-state index contributed by atoms with van der Waals surface area (Å²) in [7, 11) is 0. The van der Waals surface area contributed by atoms with Crippen LogP contribution in [0.2, 0.25) is 4.82 Å². The predicted octanol–water partition coefficient (Wildman–Crippen LogP) is 2.65. The first-order chi connectivity index (χ1) is 8.20. The van der Waals surface area contributed by atoms with Gasteiger partial charge in [0.2, 0.25) is 0 Å². The Hall–Kier alpha value is -0.501. The average Bonchev–Trinajstić information content (AvgIpc) is 2.36. The minimum atomic E-state index is -2.14. The number of aliphatic hydroxyl groups excluding tert-OH is 1. The van der Waals surface area contributed by atoms with E-state index in [0.29, 0.717) is 0 Å². The van der Waals surface area contributed by atoms with Gasteiger partial charge in [-0.3, -0.25) is 0 Å². The quantitative estimate of drug-likeness (QED) is 0.786. The van der Waals surface area contributed by atoms with Gasteiger partial charge in [-0.25, -0.2) is 0 Å². The van der Waals surface area contributed by atoms with Crippen LogP contribution in [0.5, 0.6) is 0 Å². The van der Waals surface area contributed by atoms with Crippen LogP contribution < -0.4 is 4.46 Å². The van der Waals surface area contributed by atoms with E-state index in [2.05, 4.69) is 13.8 Å².